The number of nitrogens with one attached hydrogen (secondary N) is 1. The van der Waals surface area contributed by atoms with Crippen molar-refractivity contribution in [3.05, 3.63) is 36.4 Å². The highest BCUT2D eigenvalue weighted by molar-refractivity contribution is 5.51. The Labute approximate surface area is 127 Å². The fourth-order valence-corrected chi connectivity index (χ4v) is 1.76. The van der Waals surface area contributed by atoms with E-state index in [1.807, 2.05) is 0 Å². The minimum absolute atomic E-state index is 0.00783. The summed E-state index contributed by atoms with van der Waals surface area (Å²) in [4.78, 5) is 11.0. The first-order chi connectivity index (χ1) is 10.9. The van der Waals surface area contributed by atoms with E-state index in [2.05, 4.69) is 30.5 Å². The van der Waals surface area contributed by atoms with Crippen molar-refractivity contribution in [1.82, 2.24) is 29.9 Å². The van der Waals surface area contributed by atoms with Gasteiger partial charge in [-0.25, -0.2) is 9.97 Å². The molecule has 11 heteroatoms. The number of halogens is 3. The average Bonchev–Trinajstić information content (AvgIpc) is 3.13. The Morgan fingerprint density at radius 2 is 2.13 bits per heavy atom. The molecule has 0 aliphatic rings. The van der Waals surface area contributed by atoms with Crippen LogP contribution >= 0.6 is 0 Å². The summed E-state index contributed by atoms with van der Waals surface area (Å²) in [5, 5.41) is 10.4. The number of hydrogen-bond acceptors (Lipinski definition) is 7. The van der Waals surface area contributed by atoms with Gasteiger partial charge in [0.15, 0.2) is 0 Å². The molecule has 0 amide bonds. The van der Waals surface area contributed by atoms with Gasteiger partial charge in [0.1, 0.15) is 17.8 Å². The van der Waals surface area contributed by atoms with Crippen LogP contribution in [0.5, 0.6) is 0 Å². The first-order valence-corrected chi connectivity index (χ1v) is 6.36. The summed E-state index contributed by atoms with van der Waals surface area (Å²) < 4.78 is 44.3. The predicted molar refractivity (Wildman–Crippen MR) is 70.9 cm³/mol. The van der Waals surface area contributed by atoms with Gasteiger partial charge in [0.2, 0.25) is 11.7 Å². The number of aromatic nitrogens is 6. The Hall–Kier alpha value is -2.98. The maximum Gasteiger partial charge on any atom is 0.433 e. The molecule has 0 fully saturated rings. The number of alkyl halides is 3. The third-order valence-electron chi connectivity index (χ3n) is 2.81. The molecule has 0 unspecified atom stereocenters. The summed E-state index contributed by atoms with van der Waals surface area (Å²) in [5.41, 5.74) is -0.361. The van der Waals surface area contributed by atoms with E-state index in [9.17, 15) is 13.2 Å². The number of nitrogens with zero attached hydrogens (tertiary/aromatic N) is 6. The Morgan fingerprint density at radius 1 is 1.30 bits per heavy atom. The van der Waals surface area contributed by atoms with E-state index in [1.54, 1.807) is 24.1 Å². The second kappa shape index (κ2) is 5.66. The van der Waals surface area contributed by atoms with E-state index in [1.165, 1.54) is 0 Å². The summed E-state index contributed by atoms with van der Waals surface area (Å²) in [7, 11) is 1.75. The van der Waals surface area contributed by atoms with Crippen molar-refractivity contribution in [3.63, 3.8) is 0 Å². The van der Waals surface area contributed by atoms with Crippen LogP contribution in [0.25, 0.3) is 11.4 Å². The molecule has 120 valence electrons. The van der Waals surface area contributed by atoms with Crippen molar-refractivity contribution < 1.29 is 17.7 Å². The highest BCUT2D eigenvalue weighted by Gasteiger charge is 2.32. The summed E-state index contributed by atoms with van der Waals surface area (Å²) >= 11 is 0. The lowest BCUT2D eigenvalue weighted by Gasteiger charge is -2.07. The van der Waals surface area contributed by atoms with Crippen molar-refractivity contribution in [2.45, 2.75) is 12.7 Å². The normalized spacial score (nSPS) is 11.7. The predicted octanol–water partition coefficient (Wildman–Crippen LogP) is 1.89. The molecule has 1 N–H and O–H groups in total. The average molecular weight is 325 g/mol. The Bertz CT molecular complexity index is 811. The van der Waals surface area contributed by atoms with Gasteiger partial charge < -0.3 is 9.84 Å². The van der Waals surface area contributed by atoms with Crippen LogP contribution in [0.15, 0.2) is 29.3 Å². The van der Waals surface area contributed by atoms with E-state index < -0.39 is 11.9 Å². The molecule has 0 bridgehead atoms. The summed E-state index contributed by atoms with van der Waals surface area (Å²) in [6.45, 7) is 0.0293. The molecule has 0 aromatic carbocycles. The quantitative estimate of drug-likeness (QED) is 0.782. The third-order valence-corrected chi connectivity index (χ3v) is 2.81. The van der Waals surface area contributed by atoms with Gasteiger partial charge in [-0.2, -0.15) is 23.3 Å². The Balaban J connectivity index is 1.68. The number of aryl methyl sites for hydroxylation is 1. The largest absolute Gasteiger partial charge is 0.433 e. The molecule has 3 aromatic rings. The highest BCUT2D eigenvalue weighted by Crippen LogP contribution is 2.28. The Morgan fingerprint density at radius 3 is 2.83 bits per heavy atom. The maximum absolute atomic E-state index is 12.6. The standard InChI is InChI=1S/C12H10F3N7O/c1-22-5-7(3-19-22)11-20-10(23-21-11)4-16-9-2-8(12(13,14)15)17-6-18-9/h2-3,5-6H,4H2,1H3,(H,16,17,18). The van der Waals surface area contributed by atoms with Crippen LogP contribution in [0.1, 0.15) is 11.6 Å². The minimum Gasteiger partial charge on any atom is -0.361 e. The van der Waals surface area contributed by atoms with Crippen molar-refractivity contribution >= 4 is 5.82 Å². The smallest absolute Gasteiger partial charge is 0.361 e. The van der Waals surface area contributed by atoms with Crippen LogP contribution in [-0.2, 0) is 19.8 Å². The molecule has 0 saturated heterocycles. The lowest BCUT2D eigenvalue weighted by atomic mass is 10.3. The monoisotopic (exact) mass is 325 g/mol. The third kappa shape index (κ3) is 3.44. The molecule has 0 atom stereocenters. The van der Waals surface area contributed by atoms with E-state index >= 15 is 0 Å². The molecule has 0 spiro atoms. The first kappa shape index (κ1) is 14.9. The van der Waals surface area contributed by atoms with Gasteiger partial charge in [-0.05, 0) is 0 Å². The van der Waals surface area contributed by atoms with Crippen LogP contribution in [0.4, 0.5) is 19.0 Å². The SMILES string of the molecule is Cn1cc(-c2noc(CNc3cc(C(F)(F)F)ncn3)n2)cn1. The molecule has 8 nitrogen and oxygen atoms in total. The maximum atomic E-state index is 12.6. The van der Waals surface area contributed by atoms with Crippen molar-refractivity contribution in [2.24, 2.45) is 7.05 Å². The summed E-state index contributed by atoms with van der Waals surface area (Å²) in [6.07, 6.45) is -0.415. The van der Waals surface area contributed by atoms with Gasteiger partial charge in [-0.3, -0.25) is 4.68 Å². The van der Waals surface area contributed by atoms with Crippen LogP contribution < -0.4 is 5.32 Å². The zero-order valence-corrected chi connectivity index (χ0v) is 11.7. The molecular weight excluding hydrogens is 315 g/mol. The van der Waals surface area contributed by atoms with Gasteiger partial charge in [-0.1, -0.05) is 5.16 Å². The van der Waals surface area contributed by atoms with E-state index in [4.69, 9.17) is 4.52 Å². The topological polar surface area (TPSA) is 94.6 Å². The zero-order valence-electron chi connectivity index (χ0n) is 11.7. The summed E-state index contributed by atoms with van der Waals surface area (Å²) in [5.74, 6) is 0.554. The molecule has 3 heterocycles. The van der Waals surface area contributed by atoms with Gasteiger partial charge in [0, 0.05) is 19.3 Å². The van der Waals surface area contributed by atoms with Gasteiger partial charge in [-0.15, -0.1) is 0 Å². The lowest BCUT2D eigenvalue weighted by molar-refractivity contribution is -0.141. The molecule has 23 heavy (non-hydrogen) atoms. The van der Waals surface area contributed by atoms with Gasteiger partial charge >= 0.3 is 6.18 Å². The molecule has 0 radical (unpaired) electrons. The number of rotatable bonds is 4. The molecule has 0 aliphatic carbocycles. The zero-order chi connectivity index (χ0) is 16.4. The van der Waals surface area contributed by atoms with E-state index in [0.29, 0.717) is 11.4 Å². The van der Waals surface area contributed by atoms with E-state index in [-0.39, 0.29) is 18.3 Å². The van der Waals surface area contributed by atoms with Gasteiger partial charge in [0.05, 0.1) is 18.3 Å². The van der Waals surface area contributed by atoms with Crippen LogP contribution in [0, 0.1) is 0 Å². The number of anilines is 1. The lowest BCUT2D eigenvalue weighted by Crippen LogP contribution is -2.10. The molecule has 3 aromatic heterocycles. The van der Waals surface area contributed by atoms with Crippen molar-refractivity contribution in [1.29, 1.82) is 0 Å². The first-order valence-electron chi connectivity index (χ1n) is 6.36. The highest BCUT2D eigenvalue weighted by atomic mass is 19.4. The number of hydrogen-bond donors (Lipinski definition) is 1. The fourth-order valence-electron chi connectivity index (χ4n) is 1.76. The second-order valence-corrected chi connectivity index (χ2v) is 4.55. The second-order valence-electron chi connectivity index (χ2n) is 4.55. The summed E-state index contributed by atoms with van der Waals surface area (Å²) in [6, 6.07) is 0.804. The Kier molecular flexibility index (Phi) is 3.68. The van der Waals surface area contributed by atoms with Crippen molar-refractivity contribution in [3.8, 4) is 11.4 Å². The molecule has 3 rings (SSSR count). The van der Waals surface area contributed by atoms with Crippen LogP contribution in [0.2, 0.25) is 0 Å². The molecular formula is C12H10F3N7O. The van der Waals surface area contributed by atoms with Crippen LogP contribution in [-0.4, -0.2) is 29.9 Å². The van der Waals surface area contributed by atoms with Gasteiger partial charge in [0.25, 0.3) is 0 Å². The van der Waals surface area contributed by atoms with Crippen molar-refractivity contribution in [2.75, 3.05) is 5.32 Å². The molecule has 0 aliphatic heterocycles. The molecule has 0 saturated carbocycles. The fraction of sp³-hybridized carbons (Fsp3) is 0.250. The van der Waals surface area contributed by atoms with Crippen LogP contribution in [0.3, 0.4) is 0 Å². The van der Waals surface area contributed by atoms with E-state index in [0.717, 1.165) is 12.4 Å². The minimum atomic E-state index is -4.53.